The summed E-state index contributed by atoms with van der Waals surface area (Å²) in [7, 11) is 0. The van der Waals surface area contributed by atoms with Gasteiger partial charge in [-0.25, -0.2) is 0 Å². The maximum atomic E-state index is 2.44. The van der Waals surface area contributed by atoms with Gasteiger partial charge < -0.3 is 9.47 Å². The molecule has 1 aliphatic rings. The molecule has 1 aromatic heterocycles. The van der Waals surface area contributed by atoms with Crippen molar-refractivity contribution in [1.29, 1.82) is 0 Å². The Bertz CT molecular complexity index is 3440. The molecule has 0 saturated heterocycles. The van der Waals surface area contributed by atoms with Crippen molar-refractivity contribution in [3.8, 4) is 27.9 Å². The van der Waals surface area contributed by atoms with Crippen molar-refractivity contribution in [2.75, 3.05) is 4.90 Å². The molecule has 1 heterocycles. The Hall–Kier alpha value is -8.20. The second-order valence-electron chi connectivity index (χ2n) is 16.1. The van der Waals surface area contributed by atoms with E-state index in [-0.39, 0.29) is 0 Å². The van der Waals surface area contributed by atoms with Crippen LogP contribution < -0.4 is 4.90 Å². The highest BCUT2D eigenvalue weighted by atomic mass is 15.1. The number of para-hydroxylation sites is 2. The van der Waals surface area contributed by atoms with Gasteiger partial charge in [-0.3, -0.25) is 0 Å². The van der Waals surface area contributed by atoms with E-state index < -0.39 is 0 Å². The highest BCUT2D eigenvalue weighted by molar-refractivity contribution is 6.15. The quantitative estimate of drug-likeness (QED) is 0.156. The summed E-state index contributed by atoms with van der Waals surface area (Å²) in [6.45, 7) is 0. The molecule has 2 heteroatoms. The summed E-state index contributed by atoms with van der Waals surface area (Å²) in [5.41, 5.74) is 19.2. The summed E-state index contributed by atoms with van der Waals surface area (Å²) in [4.78, 5) is 2.44. The third-order valence-corrected chi connectivity index (χ3v) is 12.5. The fourth-order valence-electron chi connectivity index (χ4n) is 9.77. The normalized spacial score (nSPS) is 11.8. The number of benzene rings is 10. The Balaban J connectivity index is 1.03. The molecule has 0 saturated carbocycles. The standard InChI is InChI=1S/C60H40N2/c1-4-18-43(19-5-1)59(44-20-6-2-7-21-44)60-53-28-13-12-26-50(53)51-37-36-48(40-55(51)60)61(56-30-16-22-42-17-10-11-25-49(42)56)47-34-31-41(32-35-47)45-33-38-58-54(39-45)52-27-14-15-29-57(52)62(58)46-23-8-3-9-24-46/h1-40H. The largest absolute Gasteiger partial charge is 0.310 e. The van der Waals surface area contributed by atoms with Gasteiger partial charge in [0, 0.05) is 33.2 Å². The lowest BCUT2D eigenvalue weighted by Crippen LogP contribution is -2.11. The first kappa shape index (κ1) is 35.7. The highest BCUT2D eigenvalue weighted by Gasteiger charge is 2.29. The molecule has 11 aromatic rings. The van der Waals surface area contributed by atoms with Gasteiger partial charge in [0.2, 0.25) is 0 Å². The van der Waals surface area contributed by atoms with Crippen LogP contribution >= 0.6 is 0 Å². The molecule has 1 aliphatic carbocycles. The van der Waals surface area contributed by atoms with Gasteiger partial charge in [-0.05, 0) is 122 Å². The average molecular weight is 789 g/mol. The molecule has 0 fully saturated rings. The molecule has 0 unspecified atom stereocenters. The molecule has 0 radical (unpaired) electrons. The number of rotatable bonds is 7. The van der Waals surface area contributed by atoms with Crippen LogP contribution in [-0.4, -0.2) is 4.57 Å². The Morgan fingerprint density at radius 2 is 0.903 bits per heavy atom. The zero-order chi connectivity index (χ0) is 41.0. The topological polar surface area (TPSA) is 8.17 Å². The van der Waals surface area contributed by atoms with Crippen molar-refractivity contribution < 1.29 is 0 Å². The van der Waals surface area contributed by atoms with E-state index in [1.54, 1.807) is 0 Å². The van der Waals surface area contributed by atoms with Crippen LogP contribution in [0.25, 0.3) is 71.7 Å². The van der Waals surface area contributed by atoms with Crippen LogP contribution in [0.5, 0.6) is 0 Å². The van der Waals surface area contributed by atoms with Crippen LogP contribution in [0.4, 0.5) is 17.1 Å². The summed E-state index contributed by atoms with van der Waals surface area (Å²) in [5, 5.41) is 4.91. The van der Waals surface area contributed by atoms with Crippen LogP contribution in [0.15, 0.2) is 243 Å². The third kappa shape index (κ3) is 5.88. The predicted molar refractivity (Wildman–Crippen MR) is 262 cm³/mol. The molecule has 0 N–H and O–H groups in total. The van der Waals surface area contributed by atoms with Crippen molar-refractivity contribution in [3.05, 3.63) is 265 Å². The number of nitrogens with zero attached hydrogens (tertiary/aromatic N) is 2. The Morgan fingerprint density at radius 1 is 0.339 bits per heavy atom. The molecule has 10 aromatic carbocycles. The van der Waals surface area contributed by atoms with Crippen molar-refractivity contribution in [1.82, 2.24) is 4.57 Å². The van der Waals surface area contributed by atoms with Crippen LogP contribution in [0.1, 0.15) is 22.3 Å². The van der Waals surface area contributed by atoms with Gasteiger partial charge in [0.1, 0.15) is 0 Å². The lowest BCUT2D eigenvalue weighted by molar-refractivity contribution is 1.18. The van der Waals surface area contributed by atoms with E-state index in [2.05, 4.69) is 252 Å². The van der Waals surface area contributed by atoms with Crippen molar-refractivity contribution in [2.45, 2.75) is 0 Å². The van der Waals surface area contributed by atoms with E-state index in [0.29, 0.717) is 0 Å². The van der Waals surface area contributed by atoms with Crippen LogP contribution in [0, 0.1) is 0 Å². The summed E-state index contributed by atoms with van der Waals surface area (Å²) in [5.74, 6) is 0. The first-order chi connectivity index (χ1) is 30.8. The predicted octanol–water partition coefficient (Wildman–Crippen LogP) is 16.1. The molecule has 2 nitrogen and oxygen atoms in total. The van der Waals surface area contributed by atoms with Gasteiger partial charge in [0.15, 0.2) is 0 Å². The van der Waals surface area contributed by atoms with Crippen LogP contribution in [0.2, 0.25) is 0 Å². The zero-order valence-electron chi connectivity index (χ0n) is 34.0. The molecule has 0 bridgehead atoms. The van der Waals surface area contributed by atoms with Gasteiger partial charge in [0.05, 0.1) is 16.7 Å². The second-order valence-corrected chi connectivity index (χ2v) is 16.1. The second kappa shape index (κ2) is 14.8. The fourth-order valence-corrected chi connectivity index (χ4v) is 9.77. The monoisotopic (exact) mass is 788 g/mol. The number of anilines is 3. The maximum absolute atomic E-state index is 2.44. The smallest absolute Gasteiger partial charge is 0.0541 e. The molecular formula is C60H40N2. The summed E-state index contributed by atoms with van der Waals surface area (Å²) < 4.78 is 2.37. The molecule has 0 amide bonds. The van der Waals surface area contributed by atoms with E-state index in [0.717, 1.165) is 17.1 Å². The minimum Gasteiger partial charge on any atom is -0.310 e. The first-order valence-corrected chi connectivity index (χ1v) is 21.3. The summed E-state index contributed by atoms with van der Waals surface area (Å²) in [6.07, 6.45) is 0. The highest BCUT2D eigenvalue weighted by Crippen LogP contribution is 2.51. The third-order valence-electron chi connectivity index (χ3n) is 12.5. The van der Waals surface area contributed by atoms with Crippen molar-refractivity contribution in [3.63, 3.8) is 0 Å². The minimum atomic E-state index is 1.10. The first-order valence-electron chi connectivity index (χ1n) is 21.3. The molecule has 0 aliphatic heterocycles. The Morgan fingerprint density at radius 3 is 1.66 bits per heavy atom. The number of aromatic nitrogens is 1. The minimum absolute atomic E-state index is 1.10. The van der Waals surface area contributed by atoms with Gasteiger partial charge in [0.25, 0.3) is 0 Å². The number of hydrogen-bond acceptors (Lipinski definition) is 1. The van der Waals surface area contributed by atoms with E-state index >= 15 is 0 Å². The maximum Gasteiger partial charge on any atom is 0.0541 e. The van der Waals surface area contributed by atoms with Gasteiger partial charge >= 0.3 is 0 Å². The summed E-state index contributed by atoms with van der Waals surface area (Å²) >= 11 is 0. The van der Waals surface area contributed by atoms with Crippen LogP contribution in [-0.2, 0) is 0 Å². The van der Waals surface area contributed by atoms with E-state index in [1.807, 2.05) is 0 Å². The van der Waals surface area contributed by atoms with Crippen molar-refractivity contribution >= 4 is 60.8 Å². The molecule has 0 spiro atoms. The van der Waals surface area contributed by atoms with E-state index in [4.69, 9.17) is 0 Å². The molecule has 290 valence electrons. The van der Waals surface area contributed by atoms with E-state index in [9.17, 15) is 0 Å². The molecule has 0 atom stereocenters. The Labute approximate surface area is 361 Å². The van der Waals surface area contributed by atoms with Gasteiger partial charge in [-0.1, -0.05) is 182 Å². The number of fused-ring (bicyclic) bond motifs is 7. The van der Waals surface area contributed by atoms with E-state index in [1.165, 1.54) is 93.9 Å². The van der Waals surface area contributed by atoms with Gasteiger partial charge in [-0.2, -0.15) is 0 Å². The Kier molecular flexibility index (Phi) is 8.53. The SMILES string of the molecule is c1ccc(C(=C2c3ccccc3-c3ccc(N(c4ccc(-c5ccc6c(c5)c5ccccc5n6-c5ccccc5)cc4)c4cccc5ccccc45)cc32)c2ccccc2)cc1. The fraction of sp³-hybridized carbons (Fsp3) is 0. The molecule has 12 rings (SSSR count). The van der Waals surface area contributed by atoms with Crippen molar-refractivity contribution in [2.24, 2.45) is 0 Å². The summed E-state index contributed by atoms with van der Waals surface area (Å²) in [6, 6.07) is 88.4. The average Bonchev–Trinajstić information content (AvgIpc) is 3.85. The zero-order valence-corrected chi connectivity index (χ0v) is 34.0. The lowest BCUT2D eigenvalue weighted by atomic mass is 9.88. The number of hydrogen-bond donors (Lipinski definition) is 0. The lowest BCUT2D eigenvalue weighted by Gasteiger charge is -2.28. The van der Waals surface area contributed by atoms with Crippen LogP contribution in [0.3, 0.4) is 0 Å². The van der Waals surface area contributed by atoms with Gasteiger partial charge in [-0.15, -0.1) is 0 Å². The molecule has 62 heavy (non-hydrogen) atoms. The molecular weight excluding hydrogens is 749 g/mol.